The van der Waals surface area contributed by atoms with Gasteiger partial charge in [-0.05, 0) is 43.5 Å². The van der Waals surface area contributed by atoms with Crippen molar-refractivity contribution in [3.63, 3.8) is 0 Å². The fourth-order valence-corrected chi connectivity index (χ4v) is 2.62. The van der Waals surface area contributed by atoms with Gasteiger partial charge in [-0.2, -0.15) is 0 Å². The molecule has 1 aliphatic rings. The normalized spacial score (nSPS) is 20.2. The van der Waals surface area contributed by atoms with E-state index < -0.39 is 0 Å². The molecule has 1 fully saturated rings. The largest absolute Gasteiger partial charge is 0.376 e. The SMILES string of the molecule is CCCNCC(OCC1CCCO1)c1ccc(Br)cc1. The summed E-state index contributed by atoms with van der Waals surface area (Å²) in [5.41, 5.74) is 1.22. The van der Waals surface area contributed by atoms with Gasteiger partial charge in [-0.15, -0.1) is 0 Å². The highest BCUT2D eigenvalue weighted by Crippen LogP contribution is 2.21. The van der Waals surface area contributed by atoms with Gasteiger partial charge in [0.05, 0.1) is 18.8 Å². The topological polar surface area (TPSA) is 30.5 Å². The van der Waals surface area contributed by atoms with Gasteiger partial charge in [0.2, 0.25) is 0 Å². The van der Waals surface area contributed by atoms with Crippen LogP contribution in [0.1, 0.15) is 37.9 Å². The van der Waals surface area contributed by atoms with E-state index >= 15 is 0 Å². The first kappa shape index (κ1) is 16.0. The third-order valence-electron chi connectivity index (χ3n) is 3.51. The summed E-state index contributed by atoms with van der Waals surface area (Å²) < 4.78 is 12.8. The standard InChI is InChI=1S/C16H24BrNO2/c1-2-9-18-11-16(13-5-7-14(17)8-6-13)20-12-15-4-3-10-19-15/h5-8,15-16,18H,2-4,9-12H2,1H3. The van der Waals surface area contributed by atoms with Crippen LogP contribution in [0.4, 0.5) is 0 Å². The maximum Gasteiger partial charge on any atom is 0.0950 e. The summed E-state index contributed by atoms with van der Waals surface area (Å²) in [6.07, 6.45) is 3.79. The Balaban J connectivity index is 1.90. The minimum absolute atomic E-state index is 0.0962. The fourth-order valence-electron chi connectivity index (χ4n) is 2.36. The molecule has 0 spiro atoms. The van der Waals surface area contributed by atoms with E-state index in [1.165, 1.54) is 5.56 Å². The Hall–Kier alpha value is -0.420. The zero-order valence-electron chi connectivity index (χ0n) is 12.1. The van der Waals surface area contributed by atoms with E-state index in [0.29, 0.717) is 6.61 Å². The van der Waals surface area contributed by atoms with Gasteiger partial charge in [0.25, 0.3) is 0 Å². The molecule has 2 unspecified atom stereocenters. The Kier molecular flexibility index (Phi) is 7.00. The van der Waals surface area contributed by atoms with Crippen molar-refractivity contribution in [1.29, 1.82) is 0 Å². The second-order valence-corrected chi connectivity index (χ2v) is 6.13. The molecule has 0 radical (unpaired) electrons. The van der Waals surface area contributed by atoms with Crippen molar-refractivity contribution in [2.24, 2.45) is 0 Å². The Morgan fingerprint density at radius 1 is 1.40 bits per heavy atom. The summed E-state index contributed by atoms with van der Waals surface area (Å²) in [5, 5.41) is 3.45. The van der Waals surface area contributed by atoms with Gasteiger partial charge in [0.15, 0.2) is 0 Å². The molecule has 4 heteroatoms. The molecule has 0 amide bonds. The second kappa shape index (κ2) is 8.78. The van der Waals surface area contributed by atoms with Crippen LogP contribution in [0.25, 0.3) is 0 Å². The molecular weight excluding hydrogens is 318 g/mol. The van der Waals surface area contributed by atoms with E-state index in [1.54, 1.807) is 0 Å². The van der Waals surface area contributed by atoms with Crippen LogP contribution < -0.4 is 5.32 Å². The van der Waals surface area contributed by atoms with Gasteiger partial charge < -0.3 is 14.8 Å². The molecule has 1 heterocycles. The lowest BCUT2D eigenvalue weighted by molar-refractivity contribution is -0.0209. The van der Waals surface area contributed by atoms with Crippen LogP contribution in [0, 0.1) is 0 Å². The van der Waals surface area contributed by atoms with Crippen molar-refractivity contribution in [1.82, 2.24) is 5.32 Å². The molecule has 2 atom stereocenters. The summed E-state index contributed by atoms with van der Waals surface area (Å²) in [6, 6.07) is 8.38. The monoisotopic (exact) mass is 341 g/mol. The number of rotatable bonds is 8. The Labute approximate surface area is 130 Å². The van der Waals surface area contributed by atoms with Gasteiger partial charge >= 0.3 is 0 Å². The summed E-state index contributed by atoms with van der Waals surface area (Å²) in [7, 11) is 0. The molecule has 1 aliphatic heterocycles. The van der Waals surface area contributed by atoms with E-state index in [0.717, 1.165) is 43.4 Å². The van der Waals surface area contributed by atoms with Crippen molar-refractivity contribution in [3.8, 4) is 0 Å². The van der Waals surface area contributed by atoms with Crippen LogP contribution in [-0.4, -0.2) is 32.4 Å². The molecule has 0 saturated carbocycles. The molecule has 20 heavy (non-hydrogen) atoms. The van der Waals surface area contributed by atoms with Crippen LogP contribution in [0.15, 0.2) is 28.7 Å². The number of benzene rings is 1. The first-order chi connectivity index (χ1) is 9.79. The number of nitrogens with one attached hydrogen (secondary N) is 1. The molecular formula is C16H24BrNO2. The number of halogens is 1. The van der Waals surface area contributed by atoms with Crippen LogP contribution >= 0.6 is 15.9 Å². The van der Waals surface area contributed by atoms with Gasteiger partial charge in [-0.1, -0.05) is 35.0 Å². The summed E-state index contributed by atoms with van der Waals surface area (Å²) in [5.74, 6) is 0. The van der Waals surface area contributed by atoms with Crippen molar-refractivity contribution < 1.29 is 9.47 Å². The van der Waals surface area contributed by atoms with Crippen LogP contribution in [0.3, 0.4) is 0 Å². The molecule has 2 rings (SSSR count). The molecule has 1 aromatic carbocycles. The van der Waals surface area contributed by atoms with Crippen LogP contribution in [-0.2, 0) is 9.47 Å². The molecule has 1 aromatic rings. The fraction of sp³-hybridized carbons (Fsp3) is 0.625. The predicted molar refractivity (Wildman–Crippen MR) is 85.0 cm³/mol. The molecule has 1 saturated heterocycles. The highest BCUT2D eigenvalue weighted by atomic mass is 79.9. The minimum Gasteiger partial charge on any atom is -0.376 e. The highest BCUT2D eigenvalue weighted by Gasteiger charge is 2.19. The third kappa shape index (κ3) is 5.17. The molecule has 112 valence electrons. The van der Waals surface area contributed by atoms with E-state index in [-0.39, 0.29) is 12.2 Å². The van der Waals surface area contributed by atoms with E-state index in [1.807, 2.05) is 0 Å². The van der Waals surface area contributed by atoms with Crippen molar-refractivity contribution in [3.05, 3.63) is 34.3 Å². The van der Waals surface area contributed by atoms with E-state index in [2.05, 4.69) is 52.4 Å². The third-order valence-corrected chi connectivity index (χ3v) is 4.03. The average Bonchev–Trinajstić information content (AvgIpc) is 2.97. The van der Waals surface area contributed by atoms with Crippen molar-refractivity contribution >= 4 is 15.9 Å². The first-order valence-electron chi connectivity index (χ1n) is 7.49. The van der Waals surface area contributed by atoms with Crippen LogP contribution in [0.2, 0.25) is 0 Å². The van der Waals surface area contributed by atoms with Gasteiger partial charge in [0, 0.05) is 17.6 Å². The average molecular weight is 342 g/mol. The molecule has 0 aliphatic carbocycles. The second-order valence-electron chi connectivity index (χ2n) is 5.21. The Morgan fingerprint density at radius 3 is 2.85 bits per heavy atom. The van der Waals surface area contributed by atoms with Gasteiger partial charge in [-0.25, -0.2) is 0 Å². The quantitative estimate of drug-likeness (QED) is 0.731. The smallest absolute Gasteiger partial charge is 0.0950 e. The summed E-state index contributed by atoms with van der Waals surface area (Å²) in [6.45, 7) is 5.62. The summed E-state index contributed by atoms with van der Waals surface area (Å²) in [4.78, 5) is 0. The number of hydrogen-bond acceptors (Lipinski definition) is 3. The molecule has 3 nitrogen and oxygen atoms in total. The van der Waals surface area contributed by atoms with E-state index in [4.69, 9.17) is 9.47 Å². The maximum atomic E-state index is 6.10. The maximum absolute atomic E-state index is 6.10. The van der Waals surface area contributed by atoms with Gasteiger partial charge in [0.1, 0.15) is 0 Å². The zero-order valence-corrected chi connectivity index (χ0v) is 13.7. The molecule has 0 aromatic heterocycles. The Morgan fingerprint density at radius 2 is 2.20 bits per heavy atom. The zero-order chi connectivity index (χ0) is 14.2. The lowest BCUT2D eigenvalue weighted by Crippen LogP contribution is -2.26. The lowest BCUT2D eigenvalue weighted by Gasteiger charge is -2.21. The minimum atomic E-state index is 0.0962. The van der Waals surface area contributed by atoms with Crippen molar-refractivity contribution in [2.45, 2.75) is 38.4 Å². The number of hydrogen-bond donors (Lipinski definition) is 1. The van der Waals surface area contributed by atoms with Gasteiger partial charge in [-0.3, -0.25) is 0 Å². The predicted octanol–water partition coefficient (Wildman–Crippen LogP) is 3.69. The first-order valence-corrected chi connectivity index (χ1v) is 8.28. The highest BCUT2D eigenvalue weighted by molar-refractivity contribution is 9.10. The lowest BCUT2D eigenvalue weighted by atomic mass is 10.1. The van der Waals surface area contributed by atoms with E-state index in [9.17, 15) is 0 Å². The van der Waals surface area contributed by atoms with Crippen LogP contribution in [0.5, 0.6) is 0 Å². The molecule has 1 N–H and O–H groups in total. The van der Waals surface area contributed by atoms with Crippen molar-refractivity contribution in [2.75, 3.05) is 26.3 Å². The number of ether oxygens (including phenoxy) is 2. The Bertz CT molecular complexity index is 377. The summed E-state index contributed by atoms with van der Waals surface area (Å²) >= 11 is 3.47. The molecule has 0 bridgehead atoms.